The number of benzene rings is 1. The van der Waals surface area contributed by atoms with E-state index in [0.717, 1.165) is 25.2 Å². The van der Waals surface area contributed by atoms with Crippen LogP contribution < -0.4 is 5.73 Å². The minimum absolute atomic E-state index is 0.162. The van der Waals surface area contributed by atoms with E-state index in [2.05, 4.69) is 4.90 Å². The second-order valence-corrected chi connectivity index (χ2v) is 5.60. The molecule has 0 amide bonds. The number of nitrogens with zero attached hydrogens (tertiary/aromatic N) is 1. The van der Waals surface area contributed by atoms with Crippen molar-refractivity contribution in [2.45, 2.75) is 37.7 Å². The molecule has 1 heterocycles. The highest BCUT2D eigenvalue weighted by Crippen LogP contribution is 2.30. The number of alkyl halides is 3. The molecule has 1 fully saturated rings. The lowest BCUT2D eigenvalue weighted by molar-refractivity contribution is -0.137. The molecule has 3 atom stereocenters. The molecule has 0 spiro atoms. The van der Waals surface area contributed by atoms with E-state index in [1.54, 1.807) is 0 Å². The summed E-state index contributed by atoms with van der Waals surface area (Å²) in [5.74, 6) is 0. The summed E-state index contributed by atoms with van der Waals surface area (Å²) in [6, 6.07) is 5.06. The zero-order valence-electron chi connectivity index (χ0n) is 12.2. The normalized spacial score (nSPS) is 24.5. The van der Waals surface area contributed by atoms with Crippen molar-refractivity contribution in [2.24, 2.45) is 5.73 Å². The molecule has 1 aliphatic heterocycles. The summed E-state index contributed by atoms with van der Waals surface area (Å²) in [6.07, 6.45) is -3.19. The van der Waals surface area contributed by atoms with Crippen molar-refractivity contribution in [1.82, 2.24) is 4.90 Å². The van der Waals surface area contributed by atoms with Gasteiger partial charge in [-0.15, -0.1) is 0 Å². The Morgan fingerprint density at radius 3 is 2.43 bits per heavy atom. The molecule has 2 rings (SSSR count). The van der Waals surface area contributed by atoms with E-state index >= 15 is 0 Å². The van der Waals surface area contributed by atoms with Gasteiger partial charge >= 0.3 is 6.18 Å². The first-order valence-corrected chi connectivity index (χ1v) is 7.03. The number of halogens is 3. The zero-order chi connectivity index (χ0) is 15.6. The van der Waals surface area contributed by atoms with Gasteiger partial charge in [0, 0.05) is 25.2 Å². The first-order valence-electron chi connectivity index (χ1n) is 7.03. The van der Waals surface area contributed by atoms with Crippen LogP contribution in [0.5, 0.6) is 0 Å². The average Bonchev–Trinajstić information content (AvgIpc) is 2.84. The Balaban J connectivity index is 1.98. The molecule has 1 aliphatic rings. The molecule has 1 saturated heterocycles. The van der Waals surface area contributed by atoms with Gasteiger partial charge in [-0.3, -0.25) is 4.90 Å². The number of ether oxygens (including phenoxy) is 1. The topological polar surface area (TPSA) is 38.5 Å². The number of nitrogens with two attached hydrogens (primary N) is 1. The third-order valence-electron chi connectivity index (χ3n) is 4.05. The van der Waals surface area contributed by atoms with E-state index in [-0.39, 0.29) is 12.1 Å². The standard InChI is InChI=1S/C15H21F3N2O/c1-10-14(7-8-21-10)20(2)9-13(19)11-3-5-12(6-4-11)15(16,17)18/h3-6,10,13-14H,7-9,19H2,1-2H3. The molecule has 1 aromatic rings. The quantitative estimate of drug-likeness (QED) is 0.929. The van der Waals surface area contributed by atoms with Crippen molar-refractivity contribution in [3.63, 3.8) is 0 Å². The smallest absolute Gasteiger partial charge is 0.377 e. The highest BCUT2D eigenvalue weighted by Gasteiger charge is 2.31. The number of hydrogen-bond donors (Lipinski definition) is 1. The Hall–Kier alpha value is -1.11. The van der Waals surface area contributed by atoms with Gasteiger partial charge in [0.1, 0.15) is 0 Å². The number of likely N-dealkylation sites (N-methyl/N-ethyl adjacent to an activating group) is 1. The van der Waals surface area contributed by atoms with Crippen LogP contribution in [0.4, 0.5) is 13.2 Å². The lowest BCUT2D eigenvalue weighted by Crippen LogP contribution is -2.40. The van der Waals surface area contributed by atoms with Crippen LogP contribution in [0.15, 0.2) is 24.3 Å². The van der Waals surface area contributed by atoms with Crippen LogP contribution in [-0.4, -0.2) is 37.2 Å². The molecule has 0 aliphatic carbocycles. The molecule has 2 N–H and O–H groups in total. The fourth-order valence-corrected chi connectivity index (χ4v) is 2.77. The Labute approximate surface area is 122 Å². The maximum Gasteiger partial charge on any atom is 0.416 e. The van der Waals surface area contributed by atoms with E-state index in [4.69, 9.17) is 10.5 Å². The molecule has 3 nitrogen and oxygen atoms in total. The summed E-state index contributed by atoms with van der Waals surface area (Å²) in [5.41, 5.74) is 6.17. The molecule has 0 bridgehead atoms. The summed E-state index contributed by atoms with van der Waals surface area (Å²) in [7, 11) is 1.97. The lowest BCUT2D eigenvalue weighted by atomic mass is 10.0. The van der Waals surface area contributed by atoms with Crippen molar-refractivity contribution in [3.05, 3.63) is 35.4 Å². The van der Waals surface area contributed by atoms with E-state index in [1.807, 2.05) is 14.0 Å². The second kappa shape index (κ2) is 6.34. The van der Waals surface area contributed by atoms with Crippen LogP contribution in [0.2, 0.25) is 0 Å². The van der Waals surface area contributed by atoms with Crippen molar-refractivity contribution in [3.8, 4) is 0 Å². The summed E-state index contributed by atoms with van der Waals surface area (Å²) in [6.45, 7) is 3.35. The van der Waals surface area contributed by atoms with Gasteiger partial charge in [-0.25, -0.2) is 0 Å². The van der Waals surface area contributed by atoms with Crippen molar-refractivity contribution in [2.75, 3.05) is 20.2 Å². The van der Waals surface area contributed by atoms with Gasteiger partial charge in [-0.2, -0.15) is 13.2 Å². The van der Waals surface area contributed by atoms with Gasteiger partial charge in [0.05, 0.1) is 11.7 Å². The predicted molar refractivity (Wildman–Crippen MR) is 74.8 cm³/mol. The summed E-state index contributed by atoms with van der Waals surface area (Å²) in [4.78, 5) is 2.13. The van der Waals surface area contributed by atoms with E-state index in [0.29, 0.717) is 18.2 Å². The Bertz CT molecular complexity index is 461. The highest BCUT2D eigenvalue weighted by atomic mass is 19.4. The number of hydrogen-bond acceptors (Lipinski definition) is 3. The van der Waals surface area contributed by atoms with Gasteiger partial charge in [-0.05, 0) is 38.1 Å². The Kier molecular flexibility index (Phi) is 4.91. The van der Waals surface area contributed by atoms with Crippen molar-refractivity contribution < 1.29 is 17.9 Å². The predicted octanol–water partition coefficient (Wildman–Crippen LogP) is 2.81. The first-order chi connectivity index (χ1) is 9.79. The van der Waals surface area contributed by atoms with Gasteiger partial charge in [0.25, 0.3) is 0 Å². The third-order valence-corrected chi connectivity index (χ3v) is 4.05. The molecular formula is C15H21F3N2O. The van der Waals surface area contributed by atoms with Crippen LogP contribution in [0.25, 0.3) is 0 Å². The highest BCUT2D eigenvalue weighted by molar-refractivity contribution is 5.26. The van der Waals surface area contributed by atoms with Crippen LogP contribution in [0.1, 0.15) is 30.5 Å². The fraction of sp³-hybridized carbons (Fsp3) is 0.600. The summed E-state index contributed by atoms with van der Waals surface area (Å²) < 4.78 is 43.1. The molecule has 0 aromatic heterocycles. The first kappa shape index (κ1) is 16.3. The van der Waals surface area contributed by atoms with Crippen LogP contribution in [0.3, 0.4) is 0 Å². The average molecular weight is 302 g/mol. The minimum Gasteiger partial charge on any atom is -0.377 e. The SMILES string of the molecule is CC1OCCC1N(C)CC(N)c1ccc(C(F)(F)F)cc1. The monoisotopic (exact) mass is 302 g/mol. The van der Waals surface area contributed by atoms with E-state index in [1.165, 1.54) is 12.1 Å². The van der Waals surface area contributed by atoms with Gasteiger partial charge < -0.3 is 10.5 Å². The molecule has 118 valence electrons. The number of rotatable bonds is 4. The van der Waals surface area contributed by atoms with E-state index < -0.39 is 11.7 Å². The minimum atomic E-state index is -4.31. The van der Waals surface area contributed by atoms with E-state index in [9.17, 15) is 13.2 Å². The van der Waals surface area contributed by atoms with Crippen LogP contribution in [-0.2, 0) is 10.9 Å². The van der Waals surface area contributed by atoms with Crippen LogP contribution in [0, 0.1) is 0 Å². The van der Waals surface area contributed by atoms with Crippen molar-refractivity contribution in [1.29, 1.82) is 0 Å². The molecule has 6 heteroatoms. The maximum atomic E-state index is 12.5. The molecule has 0 saturated carbocycles. The lowest BCUT2D eigenvalue weighted by Gasteiger charge is -2.29. The Morgan fingerprint density at radius 2 is 1.95 bits per heavy atom. The van der Waals surface area contributed by atoms with Crippen LogP contribution >= 0.6 is 0 Å². The molecule has 3 unspecified atom stereocenters. The zero-order valence-corrected chi connectivity index (χ0v) is 12.2. The van der Waals surface area contributed by atoms with Gasteiger partial charge in [0.2, 0.25) is 0 Å². The summed E-state index contributed by atoms with van der Waals surface area (Å²) in [5, 5.41) is 0. The molecule has 0 radical (unpaired) electrons. The molecule has 1 aromatic carbocycles. The largest absolute Gasteiger partial charge is 0.416 e. The third kappa shape index (κ3) is 3.96. The summed E-state index contributed by atoms with van der Waals surface area (Å²) >= 11 is 0. The Morgan fingerprint density at radius 1 is 1.33 bits per heavy atom. The molecule has 21 heavy (non-hydrogen) atoms. The van der Waals surface area contributed by atoms with Gasteiger partial charge in [0.15, 0.2) is 0 Å². The maximum absolute atomic E-state index is 12.5. The van der Waals surface area contributed by atoms with Gasteiger partial charge in [-0.1, -0.05) is 12.1 Å². The van der Waals surface area contributed by atoms with Crippen molar-refractivity contribution >= 4 is 0 Å². The molecular weight excluding hydrogens is 281 g/mol. The second-order valence-electron chi connectivity index (χ2n) is 5.60. The fourth-order valence-electron chi connectivity index (χ4n) is 2.77.